The number of alkyl halides is 2. The monoisotopic (exact) mass is 422 g/mol. The molecule has 1 amide bonds. The lowest BCUT2D eigenvalue weighted by atomic mass is 10.0. The van der Waals surface area contributed by atoms with E-state index < -0.39 is 6.29 Å². The molecule has 0 saturated heterocycles. The van der Waals surface area contributed by atoms with Crippen LogP contribution in [0, 0.1) is 13.8 Å². The molecule has 0 radical (unpaired) electrons. The van der Waals surface area contributed by atoms with Gasteiger partial charge >= 0.3 is 6.29 Å². The third kappa shape index (κ3) is 3.53. The van der Waals surface area contributed by atoms with Crippen molar-refractivity contribution < 1.29 is 23.0 Å². The maximum Gasteiger partial charge on any atom is 0.586 e. The van der Waals surface area contributed by atoms with Crippen molar-refractivity contribution >= 4 is 34.5 Å². The number of aryl methyl sites for hydroxylation is 2. The van der Waals surface area contributed by atoms with Gasteiger partial charge in [0.25, 0.3) is 5.91 Å². The smallest absolute Gasteiger partial charge is 0.395 e. The Morgan fingerprint density at radius 1 is 1.14 bits per heavy atom. The number of rotatable bonds is 3. The molecular formula is C19H13ClF2N2O3S. The number of halogens is 3. The summed E-state index contributed by atoms with van der Waals surface area (Å²) in [6.07, 6.45) is -3.70. The lowest BCUT2D eigenvalue weighted by molar-refractivity contribution is -0.286. The van der Waals surface area contributed by atoms with Crippen LogP contribution in [-0.4, -0.2) is 17.2 Å². The van der Waals surface area contributed by atoms with Gasteiger partial charge in [0.1, 0.15) is 4.88 Å². The maximum atomic E-state index is 13.2. The number of carbonyl (C=O) groups is 1. The molecule has 9 heteroatoms. The quantitative estimate of drug-likeness (QED) is 0.592. The molecule has 0 saturated carbocycles. The molecule has 1 aliphatic heterocycles. The molecule has 0 unspecified atom stereocenters. The van der Waals surface area contributed by atoms with Crippen LogP contribution in [-0.2, 0) is 0 Å². The van der Waals surface area contributed by atoms with Crippen molar-refractivity contribution in [2.75, 3.05) is 5.32 Å². The molecule has 144 valence electrons. The van der Waals surface area contributed by atoms with Gasteiger partial charge < -0.3 is 14.8 Å². The molecule has 2 heterocycles. The molecule has 1 aliphatic rings. The summed E-state index contributed by atoms with van der Waals surface area (Å²) in [6, 6.07) is 9.54. The molecule has 0 spiro atoms. The van der Waals surface area contributed by atoms with E-state index in [1.54, 1.807) is 31.2 Å². The van der Waals surface area contributed by atoms with E-state index in [2.05, 4.69) is 19.8 Å². The number of carbonyl (C=O) groups excluding carboxylic acids is 1. The fourth-order valence-electron chi connectivity index (χ4n) is 2.86. The molecule has 0 fully saturated rings. The van der Waals surface area contributed by atoms with E-state index in [-0.39, 0.29) is 22.4 Å². The summed E-state index contributed by atoms with van der Waals surface area (Å²) >= 11 is 7.53. The van der Waals surface area contributed by atoms with E-state index >= 15 is 0 Å². The Kier molecular flexibility index (Phi) is 4.47. The first kappa shape index (κ1) is 18.6. The highest BCUT2D eigenvalue weighted by Gasteiger charge is 2.43. The number of amides is 1. The predicted molar refractivity (Wildman–Crippen MR) is 103 cm³/mol. The van der Waals surface area contributed by atoms with Crippen molar-refractivity contribution in [3.8, 4) is 22.6 Å². The van der Waals surface area contributed by atoms with Gasteiger partial charge in [-0.2, -0.15) is 0 Å². The van der Waals surface area contributed by atoms with E-state index in [1.807, 2.05) is 6.92 Å². The van der Waals surface area contributed by atoms with Gasteiger partial charge in [-0.3, -0.25) is 4.79 Å². The van der Waals surface area contributed by atoms with Crippen molar-refractivity contribution in [1.29, 1.82) is 0 Å². The number of thiazole rings is 1. The van der Waals surface area contributed by atoms with Crippen LogP contribution >= 0.6 is 22.9 Å². The summed E-state index contributed by atoms with van der Waals surface area (Å²) < 4.78 is 35.3. The van der Waals surface area contributed by atoms with E-state index in [0.29, 0.717) is 27.4 Å². The Hall–Kier alpha value is -2.71. The summed E-state index contributed by atoms with van der Waals surface area (Å²) in [4.78, 5) is 17.2. The lowest BCUT2D eigenvalue weighted by Crippen LogP contribution is -2.25. The molecule has 2 aromatic carbocycles. The second-order valence-corrected chi connectivity index (χ2v) is 7.74. The summed E-state index contributed by atoms with van der Waals surface area (Å²) in [7, 11) is 0. The predicted octanol–water partition coefficient (Wildman–Crippen LogP) is 5.65. The largest absolute Gasteiger partial charge is 0.586 e. The number of anilines is 1. The Labute approximate surface area is 167 Å². The van der Waals surface area contributed by atoms with Crippen LogP contribution in [0.15, 0.2) is 36.4 Å². The summed E-state index contributed by atoms with van der Waals surface area (Å²) in [6.45, 7) is 3.63. The third-order valence-corrected chi connectivity index (χ3v) is 5.44. The fraction of sp³-hybridized carbons (Fsp3) is 0.158. The number of fused-ring (bicyclic) bond motifs is 1. The fourth-order valence-corrected chi connectivity index (χ4v) is 3.93. The first-order chi connectivity index (χ1) is 13.2. The highest BCUT2D eigenvalue weighted by molar-refractivity contribution is 7.13. The van der Waals surface area contributed by atoms with Crippen molar-refractivity contribution in [3.63, 3.8) is 0 Å². The van der Waals surface area contributed by atoms with Gasteiger partial charge in [0.05, 0.1) is 15.7 Å². The van der Waals surface area contributed by atoms with E-state index in [0.717, 1.165) is 5.01 Å². The Morgan fingerprint density at radius 2 is 1.79 bits per heavy atom. The topological polar surface area (TPSA) is 60.5 Å². The molecule has 0 atom stereocenters. The van der Waals surface area contributed by atoms with E-state index in [9.17, 15) is 13.6 Å². The number of nitrogens with zero attached hydrogens (tertiary/aromatic N) is 1. The van der Waals surface area contributed by atoms with E-state index in [1.165, 1.54) is 23.5 Å². The number of nitrogens with one attached hydrogen (secondary N) is 1. The van der Waals surface area contributed by atoms with E-state index in [4.69, 9.17) is 11.6 Å². The first-order valence-electron chi connectivity index (χ1n) is 8.17. The van der Waals surface area contributed by atoms with Crippen LogP contribution in [0.5, 0.6) is 11.5 Å². The molecular weight excluding hydrogens is 410 g/mol. The number of hydrogen-bond donors (Lipinski definition) is 1. The number of hydrogen-bond acceptors (Lipinski definition) is 5. The summed E-state index contributed by atoms with van der Waals surface area (Å²) in [5.41, 5.74) is 2.45. The lowest BCUT2D eigenvalue weighted by Gasteiger charge is -2.08. The minimum Gasteiger partial charge on any atom is -0.395 e. The van der Waals surface area contributed by atoms with Gasteiger partial charge in [-0.15, -0.1) is 20.1 Å². The summed E-state index contributed by atoms with van der Waals surface area (Å²) in [5, 5.41) is 3.88. The van der Waals surface area contributed by atoms with Crippen molar-refractivity contribution in [2.24, 2.45) is 0 Å². The molecule has 0 aliphatic carbocycles. The van der Waals surface area contributed by atoms with Crippen LogP contribution in [0.4, 0.5) is 14.5 Å². The van der Waals surface area contributed by atoms with Crippen LogP contribution in [0.25, 0.3) is 11.1 Å². The Balaban J connectivity index is 1.56. The van der Waals surface area contributed by atoms with Crippen LogP contribution in [0.2, 0.25) is 5.02 Å². The zero-order chi connectivity index (χ0) is 20.1. The van der Waals surface area contributed by atoms with Gasteiger partial charge in [-0.05, 0) is 37.6 Å². The summed E-state index contributed by atoms with van der Waals surface area (Å²) in [5.74, 6) is -0.435. The minimum atomic E-state index is -3.70. The molecule has 5 nitrogen and oxygen atoms in total. The van der Waals surface area contributed by atoms with Crippen molar-refractivity contribution in [1.82, 2.24) is 4.98 Å². The number of benzene rings is 2. The van der Waals surface area contributed by atoms with Crippen molar-refractivity contribution in [3.05, 3.63) is 57.0 Å². The second-order valence-electron chi connectivity index (χ2n) is 6.13. The second kappa shape index (κ2) is 6.72. The normalized spacial score (nSPS) is 14.2. The standard InChI is InChI=1S/C19H13ClF2N2O3S/c1-9-17(28-10(2)23-9)18(25)24-12-5-3-11(4-6-12)13-7-15-16(8-14(13)20)27-19(21,22)26-15/h3-8H,1-2H3,(H,24,25). The van der Waals surface area contributed by atoms with Gasteiger partial charge in [-0.1, -0.05) is 23.7 Å². The van der Waals surface area contributed by atoms with Crippen LogP contribution < -0.4 is 14.8 Å². The van der Waals surface area contributed by atoms with Gasteiger partial charge in [0.2, 0.25) is 0 Å². The van der Waals surface area contributed by atoms with Crippen molar-refractivity contribution in [2.45, 2.75) is 20.1 Å². The maximum absolute atomic E-state index is 13.2. The Bertz CT molecular complexity index is 1080. The Morgan fingerprint density at radius 3 is 2.39 bits per heavy atom. The SMILES string of the molecule is Cc1nc(C)c(C(=O)Nc2ccc(-c3cc4c(cc3Cl)OC(F)(F)O4)cc2)s1. The number of ether oxygens (including phenoxy) is 2. The van der Waals surface area contributed by atoms with Gasteiger partial charge in [0, 0.05) is 17.3 Å². The molecule has 3 aromatic rings. The average Bonchev–Trinajstić information content (AvgIpc) is 3.11. The molecule has 4 rings (SSSR count). The first-order valence-corrected chi connectivity index (χ1v) is 9.36. The van der Waals surface area contributed by atoms with Crippen LogP contribution in [0.1, 0.15) is 20.4 Å². The van der Waals surface area contributed by atoms with Crippen LogP contribution in [0.3, 0.4) is 0 Å². The third-order valence-electron chi connectivity index (χ3n) is 4.05. The van der Waals surface area contributed by atoms with Gasteiger partial charge in [-0.25, -0.2) is 4.98 Å². The highest BCUT2D eigenvalue weighted by atomic mass is 35.5. The highest BCUT2D eigenvalue weighted by Crippen LogP contribution is 2.46. The average molecular weight is 423 g/mol. The molecule has 1 aromatic heterocycles. The molecule has 1 N–H and O–H groups in total. The molecule has 28 heavy (non-hydrogen) atoms. The zero-order valence-electron chi connectivity index (χ0n) is 14.7. The number of aromatic nitrogens is 1. The van der Waals surface area contributed by atoms with Gasteiger partial charge in [0.15, 0.2) is 11.5 Å². The molecule has 0 bridgehead atoms. The zero-order valence-corrected chi connectivity index (χ0v) is 16.3. The minimum absolute atomic E-state index is 0.0854.